The van der Waals surface area contributed by atoms with Crippen LogP contribution in [0.15, 0.2) is 34.9 Å². The Labute approximate surface area is 150 Å². The van der Waals surface area contributed by atoms with Gasteiger partial charge in [-0.25, -0.2) is 14.2 Å². The summed E-state index contributed by atoms with van der Waals surface area (Å²) in [6, 6.07) is 5.40. The van der Waals surface area contributed by atoms with Gasteiger partial charge in [0.1, 0.15) is 17.6 Å². The highest BCUT2D eigenvalue weighted by molar-refractivity contribution is 6.07. The zero-order valence-corrected chi connectivity index (χ0v) is 14.5. The van der Waals surface area contributed by atoms with Crippen molar-refractivity contribution in [3.05, 3.63) is 42.0 Å². The summed E-state index contributed by atoms with van der Waals surface area (Å²) in [4.78, 5) is 30.7. The van der Waals surface area contributed by atoms with Crippen molar-refractivity contribution in [1.82, 2.24) is 15.2 Å². The van der Waals surface area contributed by atoms with Crippen LogP contribution in [0.4, 0.5) is 9.18 Å². The maximum Gasteiger partial charge on any atom is 0.325 e. The summed E-state index contributed by atoms with van der Waals surface area (Å²) in [7, 11) is 0. The molecule has 1 aliphatic heterocycles. The van der Waals surface area contributed by atoms with Gasteiger partial charge in [-0.3, -0.25) is 9.69 Å². The molecule has 2 aromatic rings. The lowest BCUT2D eigenvalue weighted by Crippen LogP contribution is -2.49. The van der Waals surface area contributed by atoms with Crippen molar-refractivity contribution in [2.45, 2.75) is 44.7 Å². The Morgan fingerprint density at radius 1 is 1.27 bits per heavy atom. The molecule has 0 radical (unpaired) electrons. The smallest absolute Gasteiger partial charge is 0.325 e. The molecule has 0 bridgehead atoms. The number of amides is 3. The predicted octanol–water partition coefficient (Wildman–Crippen LogP) is 3.48. The monoisotopic (exact) mass is 357 g/mol. The molecular weight excluding hydrogens is 337 g/mol. The van der Waals surface area contributed by atoms with Crippen molar-refractivity contribution in [2.24, 2.45) is 5.92 Å². The van der Waals surface area contributed by atoms with Crippen molar-refractivity contribution < 1.29 is 18.4 Å². The maximum atomic E-state index is 13.0. The van der Waals surface area contributed by atoms with Crippen LogP contribution in [-0.2, 0) is 11.3 Å². The van der Waals surface area contributed by atoms with E-state index < -0.39 is 5.54 Å². The van der Waals surface area contributed by atoms with E-state index >= 15 is 0 Å². The molecule has 1 aromatic heterocycles. The van der Waals surface area contributed by atoms with Gasteiger partial charge < -0.3 is 9.73 Å². The first-order chi connectivity index (χ1) is 12.5. The van der Waals surface area contributed by atoms with Crippen molar-refractivity contribution in [2.75, 3.05) is 0 Å². The number of halogens is 1. The summed E-state index contributed by atoms with van der Waals surface area (Å²) in [5, 5.41) is 2.89. The number of hydrogen-bond donors (Lipinski definition) is 1. The molecule has 0 unspecified atom stereocenters. The van der Waals surface area contributed by atoms with E-state index in [4.69, 9.17) is 4.42 Å². The molecule has 1 saturated carbocycles. The highest BCUT2D eigenvalue weighted by Gasteiger charge is 2.52. The van der Waals surface area contributed by atoms with E-state index in [2.05, 4.69) is 17.2 Å². The minimum Gasteiger partial charge on any atom is -0.444 e. The van der Waals surface area contributed by atoms with Crippen LogP contribution < -0.4 is 5.32 Å². The van der Waals surface area contributed by atoms with Crippen LogP contribution in [0.2, 0.25) is 0 Å². The Morgan fingerprint density at radius 3 is 2.65 bits per heavy atom. The lowest BCUT2D eigenvalue weighted by atomic mass is 9.77. The van der Waals surface area contributed by atoms with Crippen LogP contribution in [-0.4, -0.2) is 27.4 Å². The van der Waals surface area contributed by atoms with Crippen LogP contribution in [0.3, 0.4) is 0 Å². The molecule has 136 valence electrons. The highest BCUT2D eigenvalue weighted by atomic mass is 19.1. The molecule has 1 spiro atoms. The first-order valence-corrected chi connectivity index (χ1v) is 8.81. The van der Waals surface area contributed by atoms with Gasteiger partial charge in [0.2, 0.25) is 5.89 Å². The fourth-order valence-electron chi connectivity index (χ4n) is 3.68. The molecule has 4 rings (SSSR count). The van der Waals surface area contributed by atoms with E-state index in [0.717, 1.165) is 12.8 Å². The number of carbonyl (C=O) groups excluding carboxylic acids is 2. The third kappa shape index (κ3) is 2.87. The molecule has 1 aromatic carbocycles. The van der Waals surface area contributed by atoms with Gasteiger partial charge >= 0.3 is 6.03 Å². The summed E-state index contributed by atoms with van der Waals surface area (Å²) in [5.74, 6) is 0.383. The van der Waals surface area contributed by atoms with Gasteiger partial charge in [0.05, 0.1) is 12.2 Å². The molecule has 3 amide bonds. The van der Waals surface area contributed by atoms with Gasteiger partial charge in [-0.2, -0.15) is 0 Å². The second-order valence-corrected chi connectivity index (χ2v) is 7.24. The molecular formula is C19H20FN3O3. The van der Waals surface area contributed by atoms with E-state index in [1.807, 2.05) is 0 Å². The normalized spacial score (nSPS) is 25.8. The van der Waals surface area contributed by atoms with E-state index in [1.165, 1.54) is 23.3 Å². The summed E-state index contributed by atoms with van der Waals surface area (Å²) in [6.07, 6.45) is 4.63. The van der Waals surface area contributed by atoms with E-state index in [0.29, 0.717) is 35.9 Å². The second-order valence-electron chi connectivity index (χ2n) is 7.24. The first-order valence-electron chi connectivity index (χ1n) is 8.81. The number of rotatable bonds is 3. The molecule has 2 fully saturated rings. The Balaban J connectivity index is 1.50. The average Bonchev–Trinajstić information content (AvgIpc) is 3.18. The number of hydrogen-bond acceptors (Lipinski definition) is 4. The second kappa shape index (κ2) is 6.23. The number of nitrogens with one attached hydrogen (secondary N) is 1. The Bertz CT molecular complexity index is 838. The number of oxazole rings is 1. The third-order valence-corrected chi connectivity index (χ3v) is 5.34. The topological polar surface area (TPSA) is 75.4 Å². The number of urea groups is 1. The van der Waals surface area contributed by atoms with Crippen molar-refractivity contribution in [3.8, 4) is 11.5 Å². The molecule has 2 aliphatic rings. The summed E-state index contributed by atoms with van der Waals surface area (Å²) in [5.41, 5.74) is 0.356. The largest absolute Gasteiger partial charge is 0.444 e. The zero-order valence-electron chi connectivity index (χ0n) is 14.5. The highest BCUT2D eigenvalue weighted by Crippen LogP contribution is 2.36. The number of benzene rings is 1. The minimum atomic E-state index is -0.757. The quantitative estimate of drug-likeness (QED) is 0.854. The predicted molar refractivity (Wildman–Crippen MR) is 91.3 cm³/mol. The lowest BCUT2D eigenvalue weighted by Gasteiger charge is -2.33. The van der Waals surface area contributed by atoms with Crippen LogP contribution in [0.25, 0.3) is 11.5 Å². The van der Waals surface area contributed by atoms with Crippen molar-refractivity contribution in [1.29, 1.82) is 0 Å². The zero-order chi connectivity index (χ0) is 18.3. The maximum absolute atomic E-state index is 13.0. The van der Waals surface area contributed by atoms with Gasteiger partial charge in [0.15, 0.2) is 0 Å². The molecule has 0 atom stereocenters. The van der Waals surface area contributed by atoms with Gasteiger partial charge in [0.25, 0.3) is 5.91 Å². The fourth-order valence-corrected chi connectivity index (χ4v) is 3.68. The lowest BCUT2D eigenvalue weighted by molar-refractivity contribution is -0.133. The van der Waals surface area contributed by atoms with Crippen molar-refractivity contribution >= 4 is 11.9 Å². The standard InChI is InChI=1S/C19H20FN3O3/c1-12-6-8-19(9-7-12)17(24)23(18(25)22-19)10-15-11-26-16(21-15)13-2-4-14(20)5-3-13/h2-5,11-12H,6-10H2,1H3,(H,22,25). The molecule has 6 nitrogen and oxygen atoms in total. The molecule has 26 heavy (non-hydrogen) atoms. The number of carbonyl (C=O) groups is 2. The fraction of sp³-hybridized carbons (Fsp3) is 0.421. The Morgan fingerprint density at radius 2 is 1.96 bits per heavy atom. The van der Waals surface area contributed by atoms with E-state index in [1.54, 1.807) is 12.1 Å². The minimum absolute atomic E-state index is 0.0622. The van der Waals surface area contributed by atoms with E-state index in [-0.39, 0.29) is 24.3 Å². The Kier molecular flexibility index (Phi) is 4.01. The summed E-state index contributed by atoms with van der Waals surface area (Å²) in [6.45, 7) is 2.23. The van der Waals surface area contributed by atoms with Crippen LogP contribution in [0, 0.1) is 11.7 Å². The first kappa shape index (κ1) is 16.8. The van der Waals surface area contributed by atoms with Gasteiger partial charge in [0, 0.05) is 5.56 Å². The molecule has 1 aliphatic carbocycles. The van der Waals surface area contributed by atoms with Crippen LogP contribution in [0.5, 0.6) is 0 Å². The van der Waals surface area contributed by atoms with E-state index in [9.17, 15) is 14.0 Å². The van der Waals surface area contributed by atoms with Crippen LogP contribution >= 0.6 is 0 Å². The van der Waals surface area contributed by atoms with Crippen molar-refractivity contribution in [3.63, 3.8) is 0 Å². The summed E-state index contributed by atoms with van der Waals surface area (Å²) >= 11 is 0. The molecule has 1 N–H and O–H groups in total. The van der Waals surface area contributed by atoms with Gasteiger partial charge in [-0.1, -0.05) is 6.92 Å². The third-order valence-electron chi connectivity index (χ3n) is 5.34. The molecule has 2 heterocycles. The van der Waals surface area contributed by atoms with Crippen LogP contribution in [0.1, 0.15) is 38.3 Å². The number of imide groups is 1. The average molecular weight is 357 g/mol. The van der Waals surface area contributed by atoms with Gasteiger partial charge in [-0.15, -0.1) is 0 Å². The Hall–Kier alpha value is -2.70. The SMILES string of the molecule is CC1CCC2(CC1)NC(=O)N(Cc1coc(-c3ccc(F)cc3)n1)C2=O. The van der Waals surface area contributed by atoms with Gasteiger partial charge in [-0.05, 0) is 55.9 Å². The molecule has 7 heteroatoms. The number of nitrogens with zero attached hydrogens (tertiary/aromatic N) is 2. The molecule has 1 saturated heterocycles. The summed E-state index contributed by atoms with van der Waals surface area (Å²) < 4.78 is 18.4. The number of aromatic nitrogens is 1.